The van der Waals surface area contributed by atoms with Gasteiger partial charge in [-0.15, -0.1) is 0 Å². The number of imide groups is 1. The van der Waals surface area contributed by atoms with E-state index in [-0.39, 0.29) is 18.2 Å². The average Bonchev–Trinajstić information content (AvgIpc) is 2.72. The monoisotopic (exact) mass is 411 g/mol. The number of nitrogens with two attached hydrogens (primary N) is 1. The summed E-state index contributed by atoms with van der Waals surface area (Å²) in [6.45, 7) is 3.34. The van der Waals surface area contributed by atoms with E-state index < -0.39 is 30.1 Å². The second-order valence-corrected chi connectivity index (χ2v) is 7.01. The molecule has 2 aromatic carbocycles. The molecule has 0 spiro atoms. The maximum atomic E-state index is 12.6. The Balaban J connectivity index is 2.14. The van der Waals surface area contributed by atoms with Crippen molar-refractivity contribution >= 4 is 23.8 Å². The molecule has 2 atom stereocenters. The van der Waals surface area contributed by atoms with E-state index >= 15 is 0 Å². The number of amides is 4. The molecule has 2 aromatic rings. The van der Waals surface area contributed by atoms with Crippen molar-refractivity contribution in [3.63, 3.8) is 0 Å². The summed E-state index contributed by atoms with van der Waals surface area (Å²) in [6, 6.07) is 15.9. The molecule has 4 N–H and O–H groups in total. The third-order valence-corrected chi connectivity index (χ3v) is 4.28. The van der Waals surface area contributed by atoms with Gasteiger partial charge in [-0.25, -0.2) is 4.79 Å². The summed E-state index contributed by atoms with van der Waals surface area (Å²) in [4.78, 5) is 48.2. The fraction of sp³-hybridized carbons (Fsp3) is 0.273. The number of nitrogens with one attached hydrogen (secondary N) is 2. The molecule has 0 aliphatic rings. The normalized spacial score (nSPS) is 12.5. The van der Waals surface area contributed by atoms with Crippen LogP contribution in [0.1, 0.15) is 42.2 Å². The van der Waals surface area contributed by atoms with Crippen LogP contribution in [-0.4, -0.2) is 29.9 Å². The molecule has 0 saturated carbocycles. The minimum atomic E-state index is -1.19. The molecule has 158 valence electrons. The van der Waals surface area contributed by atoms with E-state index in [4.69, 9.17) is 10.5 Å². The SMILES string of the molecule is CC(C)[C@H](OC(=O)C[C@H](NC(=O)c1ccccc1)c1ccccc1)C(=O)NC(N)=O. The summed E-state index contributed by atoms with van der Waals surface area (Å²) in [5, 5.41) is 4.75. The summed E-state index contributed by atoms with van der Waals surface area (Å²) < 4.78 is 5.30. The summed E-state index contributed by atoms with van der Waals surface area (Å²) >= 11 is 0. The molecular formula is C22H25N3O5. The first-order chi connectivity index (χ1) is 14.3. The first-order valence-electron chi connectivity index (χ1n) is 9.48. The van der Waals surface area contributed by atoms with Crippen molar-refractivity contribution < 1.29 is 23.9 Å². The lowest BCUT2D eigenvalue weighted by molar-refractivity contribution is -0.158. The molecule has 0 aliphatic heterocycles. The van der Waals surface area contributed by atoms with Gasteiger partial charge in [0.1, 0.15) is 0 Å². The van der Waals surface area contributed by atoms with E-state index in [9.17, 15) is 19.2 Å². The van der Waals surface area contributed by atoms with Crippen molar-refractivity contribution in [3.05, 3.63) is 71.8 Å². The van der Waals surface area contributed by atoms with Crippen LogP contribution in [0.4, 0.5) is 4.79 Å². The van der Waals surface area contributed by atoms with E-state index in [1.165, 1.54) is 0 Å². The lowest BCUT2D eigenvalue weighted by Gasteiger charge is -2.23. The number of benzene rings is 2. The highest BCUT2D eigenvalue weighted by molar-refractivity contribution is 5.97. The summed E-state index contributed by atoms with van der Waals surface area (Å²) in [5.74, 6) is -2.22. The Hall–Kier alpha value is -3.68. The van der Waals surface area contributed by atoms with Gasteiger partial charge in [0.25, 0.3) is 11.8 Å². The van der Waals surface area contributed by atoms with Crippen LogP contribution in [-0.2, 0) is 14.3 Å². The molecular weight excluding hydrogens is 386 g/mol. The Morgan fingerprint density at radius 1 is 0.933 bits per heavy atom. The van der Waals surface area contributed by atoms with E-state index in [0.29, 0.717) is 11.1 Å². The van der Waals surface area contributed by atoms with Crippen LogP contribution in [0, 0.1) is 5.92 Å². The van der Waals surface area contributed by atoms with Gasteiger partial charge in [0.2, 0.25) is 0 Å². The molecule has 0 unspecified atom stereocenters. The van der Waals surface area contributed by atoms with Crippen LogP contribution < -0.4 is 16.4 Å². The van der Waals surface area contributed by atoms with Crippen molar-refractivity contribution in [3.8, 4) is 0 Å². The quantitative estimate of drug-likeness (QED) is 0.574. The Kier molecular flexibility index (Phi) is 8.10. The maximum absolute atomic E-state index is 12.6. The first-order valence-corrected chi connectivity index (χ1v) is 9.48. The highest BCUT2D eigenvalue weighted by Crippen LogP contribution is 2.19. The lowest BCUT2D eigenvalue weighted by atomic mass is 10.0. The second-order valence-electron chi connectivity index (χ2n) is 7.01. The molecule has 8 nitrogen and oxygen atoms in total. The van der Waals surface area contributed by atoms with Crippen LogP contribution in [0.5, 0.6) is 0 Å². The molecule has 0 bridgehead atoms. The molecule has 0 saturated heterocycles. The average molecular weight is 411 g/mol. The Bertz CT molecular complexity index is 884. The third kappa shape index (κ3) is 6.73. The number of urea groups is 1. The molecule has 0 aromatic heterocycles. The highest BCUT2D eigenvalue weighted by atomic mass is 16.5. The van der Waals surface area contributed by atoms with Crippen molar-refractivity contribution in [2.24, 2.45) is 11.7 Å². The van der Waals surface area contributed by atoms with Gasteiger partial charge in [0.05, 0.1) is 12.5 Å². The van der Waals surface area contributed by atoms with Gasteiger partial charge in [-0.1, -0.05) is 62.4 Å². The number of hydrogen-bond acceptors (Lipinski definition) is 5. The van der Waals surface area contributed by atoms with Gasteiger partial charge >= 0.3 is 12.0 Å². The highest BCUT2D eigenvalue weighted by Gasteiger charge is 2.29. The number of rotatable bonds is 8. The standard InChI is InChI=1S/C22H25N3O5/c1-14(2)19(21(28)25-22(23)29)30-18(26)13-17(15-9-5-3-6-10-15)24-20(27)16-11-7-4-8-12-16/h3-12,14,17,19H,13H2,1-2H3,(H,24,27)(H3,23,25,28,29)/t17-,19-/m0/s1. The van der Waals surface area contributed by atoms with Crippen molar-refractivity contribution in [1.29, 1.82) is 0 Å². The summed E-state index contributed by atoms with van der Waals surface area (Å²) in [7, 11) is 0. The van der Waals surface area contributed by atoms with E-state index in [1.807, 2.05) is 11.4 Å². The van der Waals surface area contributed by atoms with Crippen molar-refractivity contribution in [1.82, 2.24) is 10.6 Å². The van der Waals surface area contributed by atoms with Crippen LogP contribution in [0.25, 0.3) is 0 Å². The van der Waals surface area contributed by atoms with Crippen LogP contribution in [0.15, 0.2) is 60.7 Å². The van der Waals surface area contributed by atoms with E-state index in [1.54, 1.807) is 68.4 Å². The van der Waals surface area contributed by atoms with E-state index in [2.05, 4.69) is 5.32 Å². The Morgan fingerprint density at radius 2 is 1.50 bits per heavy atom. The molecule has 0 aliphatic carbocycles. The fourth-order valence-electron chi connectivity index (χ4n) is 2.81. The van der Waals surface area contributed by atoms with Gasteiger partial charge in [-0.05, 0) is 23.6 Å². The zero-order valence-corrected chi connectivity index (χ0v) is 16.8. The minimum Gasteiger partial charge on any atom is -0.452 e. The predicted molar refractivity (Wildman–Crippen MR) is 110 cm³/mol. The molecule has 8 heteroatoms. The van der Waals surface area contributed by atoms with Gasteiger partial charge in [-0.2, -0.15) is 0 Å². The van der Waals surface area contributed by atoms with Crippen LogP contribution in [0.2, 0.25) is 0 Å². The number of primary amides is 1. The zero-order chi connectivity index (χ0) is 22.1. The topological polar surface area (TPSA) is 128 Å². The zero-order valence-electron chi connectivity index (χ0n) is 16.8. The smallest absolute Gasteiger partial charge is 0.318 e. The maximum Gasteiger partial charge on any atom is 0.318 e. The fourth-order valence-corrected chi connectivity index (χ4v) is 2.81. The Labute approximate surface area is 174 Å². The van der Waals surface area contributed by atoms with Crippen molar-refractivity contribution in [2.45, 2.75) is 32.4 Å². The lowest BCUT2D eigenvalue weighted by Crippen LogP contribution is -2.46. The number of carbonyl (C=O) groups is 4. The molecule has 30 heavy (non-hydrogen) atoms. The molecule has 2 rings (SSSR count). The van der Waals surface area contributed by atoms with Crippen molar-refractivity contribution in [2.75, 3.05) is 0 Å². The number of esters is 1. The van der Waals surface area contributed by atoms with Crippen LogP contribution >= 0.6 is 0 Å². The summed E-state index contributed by atoms with van der Waals surface area (Å²) in [6.07, 6.45) is -1.39. The van der Waals surface area contributed by atoms with Gasteiger partial charge in [-0.3, -0.25) is 19.7 Å². The minimum absolute atomic E-state index is 0.199. The van der Waals surface area contributed by atoms with Gasteiger partial charge in [0.15, 0.2) is 6.10 Å². The Morgan fingerprint density at radius 3 is 2.03 bits per heavy atom. The summed E-state index contributed by atoms with van der Waals surface area (Å²) in [5.41, 5.74) is 6.13. The number of ether oxygens (including phenoxy) is 1. The molecule has 0 fully saturated rings. The molecule has 0 heterocycles. The second kappa shape index (κ2) is 10.8. The first kappa shape index (κ1) is 22.6. The molecule has 4 amide bonds. The van der Waals surface area contributed by atoms with E-state index in [0.717, 1.165) is 0 Å². The predicted octanol–water partition coefficient (Wildman–Crippen LogP) is 2.31. The van der Waals surface area contributed by atoms with Gasteiger partial charge < -0.3 is 15.8 Å². The number of carbonyl (C=O) groups excluding carboxylic acids is 4. The third-order valence-electron chi connectivity index (χ3n) is 4.28. The van der Waals surface area contributed by atoms with Crippen LogP contribution in [0.3, 0.4) is 0 Å². The van der Waals surface area contributed by atoms with Gasteiger partial charge in [0, 0.05) is 5.56 Å². The number of hydrogen-bond donors (Lipinski definition) is 3. The largest absolute Gasteiger partial charge is 0.452 e. The molecule has 0 radical (unpaired) electrons.